The van der Waals surface area contributed by atoms with Crippen LogP contribution in [0.1, 0.15) is 64.2 Å². The Balaban J connectivity index is 3.40. The average molecular weight is 831 g/mol. The Morgan fingerprint density at radius 3 is 1.74 bits per heavy atom. The number of nitrogens with two attached hydrogens (primary N) is 5. The number of primary amides is 1. The highest BCUT2D eigenvalue weighted by molar-refractivity contribution is 5.99. The van der Waals surface area contributed by atoms with E-state index in [0.29, 0.717) is 12.8 Å². The molecule has 0 unspecified atom stereocenters. The van der Waals surface area contributed by atoms with Gasteiger partial charge >= 0.3 is 17.9 Å². The fourth-order valence-corrected chi connectivity index (χ4v) is 5.65. The van der Waals surface area contributed by atoms with Crippen molar-refractivity contribution in [1.29, 1.82) is 0 Å². The summed E-state index contributed by atoms with van der Waals surface area (Å²) in [6.07, 6.45) is -1.90. The monoisotopic (exact) mass is 830 g/mol. The summed E-state index contributed by atoms with van der Waals surface area (Å²) in [4.78, 5) is 131. The highest BCUT2D eigenvalue weighted by Gasteiger charge is 2.40. The zero-order chi connectivity index (χ0) is 44.1. The number of aliphatic carboxylic acids is 3. The molecule has 1 aliphatic rings. The SMILES string of the molecule is NCCCC[C@H](NC(=O)[C@H](CC(=O)O)NC(=O)[C@H](CC(N)=O)NC(=O)[C@@H](N)CC(=O)O)C(=O)N[C@@H](CCCN=C(N)N)C(=O)N1CCC[C@H]1C(=O)N[C@@H](CO)C(=O)O. The second-order valence-corrected chi connectivity index (χ2v) is 13.2. The number of amides is 7. The second-order valence-electron chi connectivity index (χ2n) is 13.2. The van der Waals surface area contributed by atoms with E-state index in [1.54, 1.807) is 0 Å². The number of aliphatic hydroxyl groups excluding tert-OH is 1. The molecule has 7 atom stereocenters. The molecule has 0 aromatic carbocycles. The Morgan fingerprint density at radius 2 is 1.21 bits per heavy atom. The first-order valence-electron chi connectivity index (χ1n) is 18.1. The van der Waals surface area contributed by atoms with Gasteiger partial charge in [0, 0.05) is 13.1 Å². The first kappa shape index (κ1) is 49.9. The van der Waals surface area contributed by atoms with Crippen molar-refractivity contribution >= 4 is 65.2 Å². The van der Waals surface area contributed by atoms with Gasteiger partial charge < -0.3 is 80.6 Å². The predicted octanol–water partition coefficient (Wildman–Crippen LogP) is -7.19. The molecule has 1 rings (SSSR count). The van der Waals surface area contributed by atoms with E-state index in [4.69, 9.17) is 33.8 Å². The number of aliphatic hydroxyl groups is 1. The van der Waals surface area contributed by atoms with Crippen LogP contribution in [0.4, 0.5) is 0 Å². The predicted molar refractivity (Wildman–Crippen MR) is 198 cm³/mol. The van der Waals surface area contributed by atoms with E-state index < -0.39 is 127 Å². The molecule has 0 bridgehead atoms. The minimum absolute atomic E-state index is 0.0125. The molecule has 326 valence electrons. The summed E-state index contributed by atoms with van der Waals surface area (Å²) in [5.74, 6) is -12.2. The smallest absolute Gasteiger partial charge is 0.328 e. The lowest BCUT2D eigenvalue weighted by atomic mass is 10.0. The lowest BCUT2D eigenvalue weighted by Gasteiger charge is -2.30. The van der Waals surface area contributed by atoms with Crippen LogP contribution in [0, 0.1) is 0 Å². The van der Waals surface area contributed by atoms with E-state index >= 15 is 0 Å². The molecule has 1 saturated heterocycles. The summed E-state index contributed by atoms with van der Waals surface area (Å²) < 4.78 is 0. The molecule has 58 heavy (non-hydrogen) atoms. The number of carboxylic acids is 3. The molecule has 7 amide bonds. The molecule has 19 N–H and O–H groups in total. The van der Waals surface area contributed by atoms with Gasteiger partial charge in [-0.25, -0.2) is 4.79 Å². The molecule has 0 aromatic heterocycles. The third-order valence-electron chi connectivity index (χ3n) is 8.56. The number of hydrogen-bond donors (Lipinski definition) is 14. The fourth-order valence-electron chi connectivity index (χ4n) is 5.65. The van der Waals surface area contributed by atoms with Gasteiger partial charge in [0.25, 0.3) is 0 Å². The molecule has 1 heterocycles. The van der Waals surface area contributed by atoms with Gasteiger partial charge in [0.15, 0.2) is 5.96 Å². The van der Waals surface area contributed by atoms with Crippen molar-refractivity contribution in [3.8, 4) is 0 Å². The lowest BCUT2D eigenvalue weighted by Crippen LogP contribution is -2.60. The van der Waals surface area contributed by atoms with Crippen LogP contribution in [0.3, 0.4) is 0 Å². The number of nitrogens with zero attached hydrogens (tertiary/aromatic N) is 2. The number of carboxylic acid groups (broad SMARTS) is 3. The Kier molecular flexibility index (Phi) is 21.6. The highest BCUT2D eigenvalue weighted by atomic mass is 16.4. The minimum atomic E-state index is -1.94. The molecule has 0 aliphatic carbocycles. The van der Waals surface area contributed by atoms with Crippen molar-refractivity contribution in [1.82, 2.24) is 31.5 Å². The van der Waals surface area contributed by atoms with Gasteiger partial charge in [-0.15, -0.1) is 0 Å². The zero-order valence-corrected chi connectivity index (χ0v) is 31.6. The summed E-state index contributed by atoms with van der Waals surface area (Å²) in [5, 5.41) is 48.3. The number of hydrogen-bond acceptors (Lipinski definition) is 14. The maximum Gasteiger partial charge on any atom is 0.328 e. The van der Waals surface area contributed by atoms with E-state index in [1.165, 1.54) is 0 Å². The molecule has 0 spiro atoms. The molecule has 0 radical (unpaired) electrons. The third kappa shape index (κ3) is 17.8. The maximum atomic E-state index is 13.9. The largest absolute Gasteiger partial charge is 0.481 e. The van der Waals surface area contributed by atoms with Crippen LogP contribution in [0.25, 0.3) is 0 Å². The molecular weight excluding hydrogens is 776 g/mol. The summed E-state index contributed by atoms with van der Waals surface area (Å²) in [7, 11) is 0. The average Bonchev–Trinajstić information content (AvgIpc) is 3.63. The van der Waals surface area contributed by atoms with E-state index in [9.17, 15) is 63.3 Å². The molecule has 0 saturated carbocycles. The Bertz CT molecular complexity index is 1540. The normalized spacial score (nSPS) is 16.5. The van der Waals surface area contributed by atoms with Crippen molar-refractivity contribution in [3.05, 3.63) is 0 Å². The first-order chi connectivity index (χ1) is 27.2. The van der Waals surface area contributed by atoms with Crippen molar-refractivity contribution in [2.24, 2.45) is 33.7 Å². The van der Waals surface area contributed by atoms with E-state index in [1.807, 2.05) is 5.32 Å². The second kappa shape index (κ2) is 25.2. The number of likely N-dealkylation sites (tertiary alicyclic amines) is 1. The number of carbonyl (C=O) groups excluding carboxylic acids is 7. The number of aliphatic imine (C=N–C) groups is 1. The van der Waals surface area contributed by atoms with E-state index in [-0.39, 0.29) is 57.7 Å². The summed E-state index contributed by atoms with van der Waals surface area (Å²) in [5.41, 5.74) is 27.1. The standard InChI is InChI=1S/C32H54N12O14/c33-8-2-1-5-16(39-28(54)19(13-24(49)50)42-27(53)18(12-22(35)46)41-25(51)15(34)11-23(47)48)26(52)40-17(6-3-9-38-32(36)37)30(56)44-10-4-7-21(44)29(55)43-20(14-45)31(57)58/h15-21,45H,1-14,33-34H2,(H2,35,46)(H,39,54)(H,40,52)(H,41,51)(H,42,53)(H,43,55)(H,47,48)(H,49,50)(H,57,58)(H4,36,37,38)/t15-,16-,17-,18-,19-,20-,21-/m0/s1. The van der Waals surface area contributed by atoms with Crippen LogP contribution in [0.5, 0.6) is 0 Å². The van der Waals surface area contributed by atoms with E-state index in [0.717, 1.165) is 4.90 Å². The molecule has 26 nitrogen and oxygen atoms in total. The minimum Gasteiger partial charge on any atom is -0.481 e. The zero-order valence-electron chi connectivity index (χ0n) is 31.6. The summed E-state index contributed by atoms with van der Waals surface area (Å²) in [6.45, 7) is -0.706. The van der Waals surface area contributed by atoms with Crippen LogP contribution in [-0.4, -0.2) is 159 Å². The highest BCUT2D eigenvalue weighted by Crippen LogP contribution is 2.20. The third-order valence-corrected chi connectivity index (χ3v) is 8.56. The molecule has 0 aromatic rings. The molecule has 1 fully saturated rings. The van der Waals surface area contributed by atoms with Gasteiger partial charge in [-0.3, -0.25) is 48.1 Å². The van der Waals surface area contributed by atoms with Gasteiger partial charge in [0.05, 0.1) is 31.9 Å². The Labute approximate surface area is 331 Å². The van der Waals surface area contributed by atoms with Crippen molar-refractivity contribution < 1.29 is 68.4 Å². The van der Waals surface area contributed by atoms with Gasteiger partial charge in [0.1, 0.15) is 36.3 Å². The van der Waals surface area contributed by atoms with Crippen LogP contribution in [0.15, 0.2) is 4.99 Å². The topological polar surface area (TPSA) is 457 Å². The molecule has 26 heteroatoms. The van der Waals surface area contributed by atoms with Gasteiger partial charge in [-0.1, -0.05) is 0 Å². The van der Waals surface area contributed by atoms with Crippen LogP contribution >= 0.6 is 0 Å². The van der Waals surface area contributed by atoms with Crippen molar-refractivity contribution in [2.45, 2.75) is 107 Å². The molecule has 1 aliphatic heterocycles. The van der Waals surface area contributed by atoms with Crippen molar-refractivity contribution in [2.75, 3.05) is 26.2 Å². The van der Waals surface area contributed by atoms with Crippen LogP contribution in [-0.2, 0) is 47.9 Å². The van der Waals surface area contributed by atoms with Crippen molar-refractivity contribution in [3.63, 3.8) is 0 Å². The van der Waals surface area contributed by atoms with Gasteiger partial charge in [0.2, 0.25) is 41.4 Å². The molecular formula is C32H54N12O14. The van der Waals surface area contributed by atoms with E-state index in [2.05, 4.69) is 26.3 Å². The number of unbranched alkanes of at least 4 members (excludes halogenated alkanes) is 1. The van der Waals surface area contributed by atoms with Crippen LogP contribution < -0.4 is 55.3 Å². The fraction of sp³-hybridized carbons (Fsp3) is 0.656. The maximum absolute atomic E-state index is 13.9. The summed E-state index contributed by atoms with van der Waals surface area (Å²) in [6, 6.07) is -11.1. The lowest BCUT2D eigenvalue weighted by molar-refractivity contribution is -0.146. The number of guanidine groups is 1. The first-order valence-corrected chi connectivity index (χ1v) is 18.1. The number of rotatable bonds is 27. The quantitative estimate of drug-likeness (QED) is 0.0208. The number of nitrogens with one attached hydrogen (secondary N) is 5. The van der Waals surface area contributed by atoms with Gasteiger partial charge in [-0.05, 0) is 51.5 Å². The Hall–Kier alpha value is -6.15. The van der Waals surface area contributed by atoms with Gasteiger partial charge in [-0.2, -0.15) is 0 Å². The summed E-state index contributed by atoms with van der Waals surface area (Å²) >= 11 is 0. The Morgan fingerprint density at radius 1 is 0.672 bits per heavy atom. The number of carbonyl (C=O) groups is 10. The van der Waals surface area contributed by atoms with Crippen LogP contribution in [0.2, 0.25) is 0 Å².